The third kappa shape index (κ3) is 4.50. The molecule has 1 N–H and O–H groups in total. The first-order valence-corrected chi connectivity index (χ1v) is 12.5. The lowest BCUT2D eigenvalue weighted by atomic mass is 10.1. The molecule has 5 rings (SSSR count). The van der Waals surface area contributed by atoms with E-state index in [2.05, 4.69) is 20.3 Å². The van der Waals surface area contributed by atoms with Crippen LogP contribution in [0.15, 0.2) is 91.4 Å². The molecule has 0 saturated heterocycles. The van der Waals surface area contributed by atoms with E-state index in [1.807, 2.05) is 60.7 Å². The van der Waals surface area contributed by atoms with Crippen LogP contribution < -0.4 is 5.32 Å². The number of hydrogen-bond acceptors (Lipinski definition) is 6. The van der Waals surface area contributed by atoms with Crippen molar-refractivity contribution in [3.05, 3.63) is 108 Å². The van der Waals surface area contributed by atoms with Gasteiger partial charge in [-0.15, -0.1) is 0 Å². The average molecular weight is 490 g/mol. The van der Waals surface area contributed by atoms with Gasteiger partial charge in [0.2, 0.25) is 15.3 Å². The Bertz CT molecular complexity index is 1540. The summed E-state index contributed by atoms with van der Waals surface area (Å²) >= 11 is 6.26. The molecule has 3 heterocycles. The number of rotatable bonds is 7. The smallest absolute Gasteiger partial charge is 0.244 e. The molecule has 0 spiro atoms. The van der Waals surface area contributed by atoms with Crippen molar-refractivity contribution >= 4 is 38.5 Å². The van der Waals surface area contributed by atoms with Gasteiger partial charge in [-0.1, -0.05) is 60.7 Å². The monoisotopic (exact) mass is 489 g/mol. The van der Waals surface area contributed by atoms with Crippen molar-refractivity contribution in [1.82, 2.24) is 18.9 Å². The van der Waals surface area contributed by atoms with Crippen LogP contribution in [-0.2, 0) is 22.3 Å². The maximum absolute atomic E-state index is 13.5. The summed E-state index contributed by atoms with van der Waals surface area (Å²) in [6, 6.07) is 22.5. The van der Waals surface area contributed by atoms with Gasteiger partial charge in [-0.3, -0.25) is 4.98 Å². The van der Waals surface area contributed by atoms with Crippen LogP contribution in [0.2, 0.25) is 5.28 Å². The topological polar surface area (TPSA) is 89.8 Å². The third-order valence-corrected chi connectivity index (χ3v) is 7.12. The zero-order chi connectivity index (χ0) is 23.5. The Balaban J connectivity index is 1.67. The Hall–Kier alpha value is -3.75. The van der Waals surface area contributed by atoms with Crippen molar-refractivity contribution in [3.63, 3.8) is 0 Å². The fourth-order valence-electron chi connectivity index (χ4n) is 3.80. The fraction of sp³-hybridized carbons (Fsp3) is 0.0800. The number of aromatic nitrogens is 4. The zero-order valence-corrected chi connectivity index (χ0v) is 19.5. The number of pyridine rings is 1. The number of fused-ring (bicyclic) bond motifs is 1. The molecule has 170 valence electrons. The van der Waals surface area contributed by atoms with Crippen LogP contribution >= 0.6 is 11.6 Å². The molecule has 0 unspecified atom stereocenters. The second-order valence-corrected chi connectivity index (χ2v) is 9.88. The van der Waals surface area contributed by atoms with E-state index < -0.39 is 10.0 Å². The molecule has 0 saturated carbocycles. The highest BCUT2D eigenvalue weighted by molar-refractivity contribution is 7.89. The van der Waals surface area contributed by atoms with Gasteiger partial charge in [0.15, 0.2) is 5.65 Å². The van der Waals surface area contributed by atoms with Crippen molar-refractivity contribution in [2.75, 3.05) is 5.32 Å². The molecule has 5 aromatic rings. The number of nitrogens with one attached hydrogen (secondary N) is 1. The van der Waals surface area contributed by atoms with Crippen LogP contribution in [0, 0.1) is 0 Å². The van der Waals surface area contributed by atoms with E-state index in [0.29, 0.717) is 28.9 Å². The predicted molar refractivity (Wildman–Crippen MR) is 134 cm³/mol. The summed E-state index contributed by atoms with van der Waals surface area (Å²) in [6.45, 7) is 0.487. The molecule has 9 heteroatoms. The summed E-state index contributed by atoms with van der Waals surface area (Å²) in [5.74, 6) is 0.279. The zero-order valence-electron chi connectivity index (χ0n) is 18.0. The Morgan fingerprint density at radius 1 is 0.853 bits per heavy atom. The lowest BCUT2D eigenvalue weighted by Gasteiger charge is -2.10. The number of nitrogens with zero attached hydrogens (tertiary/aromatic N) is 4. The molecule has 34 heavy (non-hydrogen) atoms. The fourth-order valence-corrected chi connectivity index (χ4v) is 5.38. The van der Waals surface area contributed by atoms with Crippen molar-refractivity contribution in [2.45, 2.75) is 12.3 Å². The largest absolute Gasteiger partial charge is 0.365 e. The van der Waals surface area contributed by atoms with Crippen LogP contribution in [0.5, 0.6) is 0 Å². The summed E-state index contributed by atoms with van der Waals surface area (Å²) in [5.41, 5.74) is 3.41. The van der Waals surface area contributed by atoms with Crippen molar-refractivity contribution in [3.8, 4) is 11.1 Å². The first-order valence-electron chi connectivity index (χ1n) is 10.6. The number of anilines is 1. The molecule has 3 aromatic heterocycles. The Labute approximate surface area is 202 Å². The summed E-state index contributed by atoms with van der Waals surface area (Å²) in [6.07, 6.45) is 4.90. The highest BCUT2D eigenvalue weighted by Gasteiger charge is 2.24. The second-order valence-electron chi connectivity index (χ2n) is 7.70. The molecular weight excluding hydrogens is 470 g/mol. The van der Waals surface area contributed by atoms with E-state index in [1.54, 1.807) is 30.7 Å². The summed E-state index contributed by atoms with van der Waals surface area (Å²) < 4.78 is 28.2. The van der Waals surface area contributed by atoms with Crippen LogP contribution in [0.1, 0.15) is 11.1 Å². The molecule has 0 bridgehead atoms. The Kier molecular flexibility index (Phi) is 6.00. The van der Waals surface area contributed by atoms with Crippen LogP contribution in [-0.4, -0.2) is 27.3 Å². The number of halogens is 1. The normalized spacial score (nSPS) is 11.6. The predicted octanol–water partition coefficient (Wildman–Crippen LogP) is 5.14. The number of benzene rings is 2. The summed E-state index contributed by atoms with van der Waals surface area (Å²) in [7, 11) is -3.80. The van der Waals surface area contributed by atoms with Crippen LogP contribution in [0.3, 0.4) is 0 Å². The van der Waals surface area contributed by atoms with E-state index >= 15 is 0 Å². The minimum atomic E-state index is -3.80. The molecule has 0 aliphatic carbocycles. The second kappa shape index (κ2) is 9.24. The van der Waals surface area contributed by atoms with Gasteiger partial charge in [0.25, 0.3) is 0 Å². The standard InChI is InChI=1S/C25H20ClN5O2S/c26-25-29-23(28-15-18-7-3-1-4-8-18)22-21(20-11-13-27-14-12-20)16-31(24(22)30-25)34(32,33)17-19-9-5-2-6-10-19/h1-14,16H,15,17H2,(H,28,29,30). The van der Waals surface area contributed by atoms with Gasteiger partial charge >= 0.3 is 0 Å². The Morgan fingerprint density at radius 3 is 2.18 bits per heavy atom. The van der Waals surface area contributed by atoms with Crippen molar-refractivity contribution < 1.29 is 8.42 Å². The van der Waals surface area contributed by atoms with Gasteiger partial charge < -0.3 is 5.32 Å². The molecule has 0 aliphatic rings. The number of hydrogen-bond donors (Lipinski definition) is 1. The lowest BCUT2D eigenvalue weighted by Crippen LogP contribution is -2.15. The molecule has 0 radical (unpaired) electrons. The molecule has 0 amide bonds. The summed E-state index contributed by atoms with van der Waals surface area (Å²) in [4.78, 5) is 12.8. The highest BCUT2D eigenvalue weighted by Crippen LogP contribution is 2.36. The van der Waals surface area contributed by atoms with Crippen molar-refractivity contribution in [1.29, 1.82) is 0 Å². The molecule has 2 aromatic carbocycles. The molecule has 0 atom stereocenters. The van der Waals surface area contributed by atoms with E-state index in [4.69, 9.17) is 11.6 Å². The van der Waals surface area contributed by atoms with Gasteiger partial charge in [-0.25, -0.2) is 17.4 Å². The van der Waals surface area contributed by atoms with Gasteiger partial charge in [0, 0.05) is 30.7 Å². The van der Waals surface area contributed by atoms with E-state index in [1.165, 1.54) is 3.97 Å². The maximum Gasteiger partial charge on any atom is 0.244 e. The average Bonchev–Trinajstić information content (AvgIpc) is 3.24. The third-order valence-electron chi connectivity index (χ3n) is 5.37. The van der Waals surface area contributed by atoms with E-state index in [-0.39, 0.29) is 16.7 Å². The van der Waals surface area contributed by atoms with Crippen molar-refractivity contribution in [2.24, 2.45) is 0 Å². The first-order chi connectivity index (χ1) is 16.5. The van der Waals surface area contributed by atoms with Gasteiger partial charge in [0.05, 0.1) is 11.1 Å². The minimum absolute atomic E-state index is 0.0430. The van der Waals surface area contributed by atoms with Gasteiger partial charge in [-0.05, 0) is 40.4 Å². The van der Waals surface area contributed by atoms with Gasteiger partial charge in [-0.2, -0.15) is 4.98 Å². The van der Waals surface area contributed by atoms with Crippen LogP contribution in [0.4, 0.5) is 5.82 Å². The first kappa shape index (κ1) is 22.1. The summed E-state index contributed by atoms with van der Waals surface area (Å²) in [5, 5.41) is 3.84. The van der Waals surface area contributed by atoms with Crippen LogP contribution in [0.25, 0.3) is 22.2 Å². The quantitative estimate of drug-likeness (QED) is 0.318. The minimum Gasteiger partial charge on any atom is -0.365 e. The van der Waals surface area contributed by atoms with E-state index in [0.717, 1.165) is 11.1 Å². The molecule has 7 nitrogen and oxygen atoms in total. The maximum atomic E-state index is 13.5. The van der Waals surface area contributed by atoms with Gasteiger partial charge in [0.1, 0.15) is 5.82 Å². The Morgan fingerprint density at radius 2 is 1.50 bits per heavy atom. The SMILES string of the molecule is O=S(=O)(Cc1ccccc1)n1cc(-c2ccncc2)c2c(NCc3ccccc3)nc(Cl)nc21. The highest BCUT2D eigenvalue weighted by atomic mass is 35.5. The lowest BCUT2D eigenvalue weighted by molar-refractivity contribution is 0.588. The van der Waals surface area contributed by atoms with E-state index in [9.17, 15) is 8.42 Å². The molecule has 0 aliphatic heterocycles. The molecular formula is C25H20ClN5O2S. The molecule has 0 fully saturated rings.